The second kappa shape index (κ2) is 10.7. The minimum Gasteiger partial charge on any atom is -0.377 e. The average Bonchev–Trinajstić information content (AvgIpc) is 3.17. The van der Waals surface area contributed by atoms with Crippen LogP contribution < -0.4 is 10.9 Å². The van der Waals surface area contributed by atoms with E-state index in [1.165, 1.54) is 9.87 Å². The number of ether oxygens (including phenoxy) is 1. The van der Waals surface area contributed by atoms with Crippen LogP contribution in [0.1, 0.15) is 63.0 Å². The summed E-state index contributed by atoms with van der Waals surface area (Å²) in [6, 6.07) is 11.4. The zero-order chi connectivity index (χ0) is 19.8. The van der Waals surface area contributed by atoms with Gasteiger partial charge in [0.25, 0.3) is 0 Å². The Bertz CT molecular complexity index is 677. The molecule has 158 valence electrons. The van der Waals surface area contributed by atoms with E-state index in [1.807, 2.05) is 6.07 Å². The maximum absolute atomic E-state index is 12.5. The fourth-order valence-corrected chi connectivity index (χ4v) is 5.45. The summed E-state index contributed by atoms with van der Waals surface area (Å²) in [5.41, 5.74) is 8.12. The minimum atomic E-state index is -3.21. The molecule has 0 spiro atoms. The van der Waals surface area contributed by atoms with Crippen LogP contribution in [0.25, 0.3) is 0 Å². The summed E-state index contributed by atoms with van der Waals surface area (Å²) < 4.78 is 32.0. The van der Waals surface area contributed by atoms with Crippen LogP contribution in [0, 0.1) is 0 Å². The van der Waals surface area contributed by atoms with E-state index in [9.17, 15) is 8.42 Å². The van der Waals surface area contributed by atoms with Crippen LogP contribution in [0.3, 0.4) is 0 Å². The molecule has 0 bridgehead atoms. The van der Waals surface area contributed by atoms with Gasteiger partial charge in [-0.25, -0.2) is 12.7 Å². The lowest BCUT2D eigenvalue weighted by molar-refractivity contribution is 0.0299. The first-order valence-electron chi connectivity index (χ1n) is 10.7. The van der Waals surface area contributed by atoms with Crippen molar-refractivity contribution in [3.8, 4) is 0 Å². The number of nitrogens with zero attached hydrogens (tertiary/aromatic N) is 1. The van der Waals surface area contributed by atoms with Crippen molar-refractivity contribution in [3.05, 3.63) is 35.9 Å². The molecular weight excluding hydrogens is 374 g/mol. The number of rotatable bonds is 10. The Morgan fingerprint density at radius 3 is 2.68 bits per heavy atom. The van der Waals surface area contributed by atoms with Crippen LogP contribution in [0.4, 0.5) is 0 Å². The molecule has 0 amide bonds. The molecule has 1 aromatic rings. The molecule has 2 saturated heterocycles. The average molecular weight is 410 g/mol. The summed E-state index contributed by atoms with van der Waals surface area (Å²) in [6.07, 6.45) is 8.13. The SMILES string of the molecule is CN(CCCCCC1CC(c2ccccc2)NN1)S(=O)(=O)CC1CCCCO1. The predicted molar refractivity (Wildman–Crippen MR) is 112 cm³/mol. The highest BCUT2D eigenvalue weighted by atomic mass is 32.2. The molecule has 7 heteroatoms. The van der Waals surface area contributed by atoms with Gasteiger partial charge in [-0.05, 0) is 44.1 Å². The van der Waals surface area contributed by atoms with Gasteiger partial charge in [-0.1, -0.05) is 43.2 Å². The molecule has 0 aromatic heterocycles. The van der Waals surface area contributed by atoms with Gasteiger partial charge >= 0.3 is 0 Å². The molecule has 3 atom stereocenters. The van der Waals surface area contributed by atoms with Crippen molar-refractivity contribution in [2.45, 2.75) is 69.6 Å². The van der Waals surface area contributed by atoms with Gasteiger partial charge < -0.3 is 4.74 Å². The predicted octanol–water partition coefficient (Wildman–Crippen LogP) is 2.99. The zero-order valence-corrected chi connectivity index (χ0v) is 17.8. The van der Waals surface area contributed by atoms with Crippen molar-refractivity contribution in [1.29, 1.82) is 0 Å². The molecule has 3 rings (SSSR count). The number of hydrogen-bond acceptors (Lipinski definition) is 5. The molecule has 2 fully saturated rings. The summed E-state index contributed by atoms with van der Waals surface area (Å²) in [5, 5.41) is 0. The van der Waals surface area contributed by atoms with Crippen LogP contribution in [-0.4, -0.2) is 50.8 Å². The molecule has 1 aromatic carbocycles. The van der Waals surface area contributed by atoms with E-state index in [0.717, 1.165) is 51.4 Å². The fraction of sp³-hybridized carbons (Fsp3) is 0.714. The first-order chi connectivity index (χ1) is 13.5. The van der Waals surface area contributed by atoms with Crippen molar-refractivity contribution >= 4 is 10.0 Å². The Balaban J connectivity index is 1.29. The number of hydrazine groups is 1. The lowest BCUT2D eigenvalue weighted by atomic mass is 9.99. The summed E-state index contributed by atoms with van der Waals surface area (Å²) >= 11 is 0. The number of unbranched alkanes of at least 4 members (excludes halogenated alkanes) is 2. The number of benzene rings is 1. The van der Waals surface area contributed by atoms with Crippen LogP contribution in [-0.2, 0) is 14.8 Å². The Morgan fingerprint density at radius 1 is 1.11 bits per heavy atom. The topological polar surface area (TPSA) is 70.7 Å². The van der Waals surface area contributed by atoms with Crippen molar-refractivity contribution in [2.75, 3.05) is 26.0 Å². The lowest BCUT2D eigenvalue weighted by Crippen LogP contribution is -2.36. The first-order valence-corrected chi connectivity index (χ1v) is 12.3. The van der Waals surface area contributed by atoms with Crippen molar-refractivity contribution in [2.24, 2.45) is 0 Å². The monoisotopic (exact) mass is 409 g/mol. The van der Waals surface area contributed by atoms with Crippen LogP contribution in [0.2, 0.25) is 0 Å². The molecule has 28 heavy (non-hydrogen) atoms. The fourth-order valence-electron chi connectivity index (χ4n) is 4.06. The number of hydrogen-bond donors (Lipinski definition) is 2. The number of sulfonamides is 1. The molecule has 0 radical (unpaired) electrons. The highest BCUT2D eigenvalue weighted by Gasteiger charge is 2.26. The third-order valence-electron chi connectivity index (χ3n) is 5.85. The Kier molecular flexibility index (Phi) is 8.29. The standard InChI is InChI=1S/C21H35N3O3S/c1-24(28(25,26)17-20-13-7-9-15-27-20)14-8-3-6-12-19-16-21(23-22-19)18-10-4-2-5-11-18/h2,4-5,10-11,19-23H,3,6-9,12-17H2,1H3. The van der Waals surface area contributed by atoms with Gasteiger partial charge in [-0.3, -0.25) is 10.9 Å². The molecule has 0 saturated carbocycles. The normalized spacial score (nSPS) is 26.0. The highest BCUT2D eigenvalue weighted by Crippen LogP contribution is 2.24. The molecule has 2 heterocycles. The molecule has 3 unspecified atom stereocenters. The van der Waals surface area contributed by atoms with Crippen molar-refractivity contribution in [3.63, 3.8) is 0 Å². The van der Waals surface area contributed by atoms with Gasteiger partial charge in [0, 0.05) is 32.3 Å². The molecular formula is C21H35N3O3S. The zero-order valence-electron chi connectivity index (χ0n) is 17.0. The van der Waals surface area contributed by atoms with E-state index >= 15 is 0 Å². The Morgan fingerprint density at radius 2 is 1.93 bits per heavy atom. The second-order valence-corrected chi connectivity index (χ2v) is 10.2. The number of nitrogens with one attached hydrogen (secondary N) is 2. The summed E-state index contributed by atoms with van der Waals surface area (Å²) in [5.74, 6) is 0.127. The summed E-state index contributed by atoms with van der Waals surface area (Å²) in [6.45, 7) is 1.29. The van der Waals surface area contributed by atoms with E-state index in [-0.39, 0.29) is 11.9 Å². The van der Waals surface area contributed by atoms with E-state index in [1.54, 1.807) is 7.05 Å². The first kappa shape index (κ1) is 21.7. The van der Waals surface area contributed by atoms with Crippen LogP contribution in [0.5, 0.6) is 0 Å². The molecule has 2 aliphatic heterocycles. The lowest BCUT2D eigenvalue weighted by Gasteiger charge is -2.25. The molecule has 2 N–H and O–H groups in total. The van der Waals surface area contributed by atoms with Gasteiger partial charge in [-0.15, -0.1) is 0 Å². The maximum atomic E-state index is 12.5. The third-order valence-corrected chi connectivity index (χ3v) is 7.78. The van der Waals surface area contributed by atoms with E-state index in [0.29, 0.717) is 25.2 Å². The van der Waals surface area contributed by atoms with Crippen LogP contribution >= 0.6 is 0 Å². The van der Waals surface area contributed by atoms with E-state index in [2.05, 4.69) is 35.1 Å². The van der Waals surface area contributed by atoms with Gasteiger partial charge in [-0.2, -0.15) is 0 Å². The van der Waals surface area contributed by atoms with E-state index in [4.69, 9.17) is 4.74 Å². The largest absolute Gasteiger partial charge is 0.377 e. The smallest absolute Gasteiger partial charge is 0.216 e. The third kappa shape index (κ3) is 6.52. The quantitative estimate of drug-likeness (QED) is 0.582. The van der Waals surface area contributed by atoms with Gasteiger partial charge in [0.15, 0.2) is 0 Å². The van der Waals surface area contributed by atoms with Crippen LogP contribution in [0.15, 0.2) is 30.3 Å². The van der Waals surface area contributed by atoms with E-state index < -0.39 is 10.0 Å². The van der Waals surface area contributed by atoms with Gasteiger partial charge in [0.05, 0.1) is 11.9 Å². The Hall–Kier alpha value is -0.990. The summed E-state index contributed by atoms with van der Waals surface area (Å²) in [4.78, 5) is 0. The molecule has 6 nitrogen and oxygen atoms in total. The van der Waals surface area contributed by atoms with Gasteiger partial charge in [0.2, 0.25) is 10.0 Å². The molecule has 0 aliphatic carbocycles. The second-order valence-electron chi connectivity index (χ2n) is 8.12. The molecule has 2 aliphatic rings. The highest BCUT2D eigenvalue weighted by molar-refractivity contribution is 7.89. The van der Waals surface area contributed by atoms with Gasteiger partial charge in [0.1, 0.15) is 0 Å². The Labute approximate surface area is 170 Å². The minimum absolute atomic E-state index is 0.125. The van der Waals surface area contributed by atoms with Crippen molar-refractivity contribution < 1.29 is 13.2 Å². The maximum Gasteiger partial charge on any atom is 0.216 e. The summed E-state index contributed by atoms with van der Waals surface area (Å²) in [7, 11) is -1.52. The van der Waals surface area contributed by atoms with Crippen molar-refractivity contribution in [1.82, 2.24) is 15.2 Å².